The molecule has 3 aromatic heterocycles. The van der Waals surface area contributed by atoms with Gasteiger partial charge in [0.15, 0.2) is 0 Å². The Balaban J connectivity index is 1.67. The predicted octanol–water partition coefficient (Wildman–Crippen LogP) is 3.52. The Kier molecular flexibility index (Phi) is 2.58. The van der Waals surface area contributed by atoms with E-state index in [-0.39, 0.29) is 0 Å². The zero-order valence-electron chi connectivity index (χ0n) is 11.3. The van der Waals surface area contributed by atoms with Gasteiger partial charge >= 0.3 is 0 Å². The maximum atomic E-state index is 5.45. The first kappa shape index (κ1) is 11.6. The molecule has 102 valence electrons. The van der Waals surface area contributed by atoms with Crippen LogP contribution in [0.15, 0.2) is 29.0 Å². The predicted molar refractivity (Wildman–Crippen MR) is 75.1 cm³/mol. The van der Waals surface area contributed by atoms with E-state index in [2.05, 4.69) is 27.0 Å². The minimum absolute atomic E-state index is 0.472. The Morgan fingerprint density at radius 3 is 3.25 bits per heavy atom. The average molecular weight is 268 g/mol. The van der Waals surface area contributed by atoms with E-state index >= 15 is 0 Å². The summed E-state index contributed by atoms with van der Waals surface area (Å²) in [6, 6.07) is 3.92. The van der Waals surface area contributed by atoms with Crippen LogP contribution in [0.1, 0.15) is 38.0 Å². The Bertz CT molecular complexity index is 745. The van der Waals surface area contributed by atoms with Gasteiger partial charge in [-0.05, 0) is 30.9 Å². The summed E-state index contributed by atoms with van der Waals surface area (Å²) in [6.45, 7) is 2.22. The van der Waals surface area contributed by atoms with E-state index < -0.39 is 0 Å². The molecule has 0 amide bonds. The molecule has 1 N–H and O–H groups in total. The largest absolute Gasteiger partial charge is 0.346 e. The zero-order chi connectivity index (χ0) is 13.5. The van der Waals surface area contributed by atoms with Crippen LogP contribution in [0.5, 0.6) is 0 Å². The van der Waals surface area contributed by atoms with E-state index in [1.807, 2.05) is 18.3 Å². The Morgan fingerprint density at radius 1 is 1.40 bits per heavy atom. The number of nitrogens with one attached hydrogen (secondary N) is 1. The lowest BCUT2D eigenvalue weighted by Crippen LogP contribution is -1.86. The van der Waals surface area contributed by atoms with Crippen LogP contribution < -0.4 is 0 Å². The van der Waals surface area contributed by atoms with Gasteiger partial charge in [-0.3, -0.25) is 0 Å². The van der Waals surface area contributed by atoms with Gasteiger partial charge in [0.1, 0.15) is 5.65 Å². The first-order chi connectivity index (χ1) is 9.86. The molecule has 2 atom stereocenters. The highest BCUT2D eigenvalue weighted by atomic mass is 16.5. The molecular formula is C15H16N4O. The van der Waals surface area contributed by atoms with Gasteiger partial charge in [-0.1, -0.05) is 18.5 Å². The first-order valence-corrected chi connectivity index (χ1v) is 7.13. The summed E-state index contributed by atoms with van der Waals surface area (Å²) in [7, 11) is 0. The summed E-state index contributed by atoms with van der Waals surface area (Å²) in [5, 5.41) is 5.17. The molecule has 4 rings (SSSR count). The first-order valence-electron chi connectivity index (χ1n) is 7.13. The number of aromatic nitrogens is 4. The summed E-state index contributed by atoms with van der Waals surface area (Å²) in [5.74, 6) is 2.66. The Hall–Kier alpha value is -2.17. The SMILES string of the molecule is CCC[C@@H]1C[C@H]1c1nc(-c2ccnc3[nH]ccc23)no1. The third-order valence-corrected chi connectivity index (χ3v) is 4.04. The average Bonchev–Trinajstić information content (AvgIpc) is 2.93. The van der Waals surface area contributed by atoms with Crippen molar-refractivity contribution in [3.05, 3.63) is 30.4 Å². The van der Waals surface area contributed by atoms with Crippen LogP contribution in [-0.4, -0.2) is 20.1 Å². The van der Waals surface area contributed by atoms with Crippen LogP contribution in [0.2, 0.25) is 0 Å². The van der Waals surface area contributed by atoms with Crippen molar-refractivity contribution in [3.8, 4) is 11.4 Å². The van der Waals surface area contributed by atoms with Crippen molar-refractivity contribution >= 4 is 11.0 Å². The van der Waals surface area contributed by atoms with Gasteiger partial charge in [-0.2, -0.15) is 4.98 Å². The van der Waals surface area contributed by atoms with Gasteiger partial charge in [-0.15, -0.1) is 0 Å². The van der Waals surface area contributed by atoms with Gasteiger partial charge in [0, 0.05) is 29.3 Å². The summed E-state index contributed by atoms with van der Waals surface area (Å²) < 4.78 is 5.45. The fourth-order valence-corrected chi connectivity index (χ4v) is 2.89. The molecule has 3 aromatic rings. The van der Waals surface area contributed by atoms with E-state index in [1.165, 1.54) is 19.3 Å². The van der Waals surface area contributed by atoms with E-state index in [1.54, 1.807) is 6.20 Å². The molecule has 1 aliphatic rings. The molecule has 0 aromatic carbocycles. The van der Waals surface area contributed by atoms with Crippen molar-refractivity contribution in [1.29, 1.82) is 0 Å². The van der Waals surface area contributed by atoms with Gasteiger partial charge in [0.25, 0.3) is 0 Å². The van der Waals surface area contributed by atoms with Crippen molar-refractivity contribution < 1.29 is 4.52 Å². The zero-order valence-corrected chi connectivity index (χ0v) is 11.3. The molecule has 0 saturated heterocycles. The number of hydrogen-bond donors (Lipinski definition) is 1. The van der Waals surface area contributed by atoms with E-state index in [0.717, 1.165) is 28.4 Å². The molecule has 3 heterocycles. The smallest absolute Gasteiger partial charge is 0.230 e. The lowest BCUT2D eigenvalue weighted by Gasteiger charge is -1.95. The number of rotatable bonds is 4. The molecule has 5 nitrogen and oxygen atoms in total. The van der Waals surface area contributed by atoms with Crippen molar-refractivity contribution in [2.75, 3.05) is 0 Å². The number of H-pyrrole nitrogens is 1. The summed E-state index contributed by atoms with van der Waals surface area (Å²) in [4.78, 5) is 12.0. The third-order valence-electron chi connectivity index (χ3n) is 4.04. The lowest BCUT2D eigenvalue weighted by molar-refractivity contribution is 0.374. The van der Waals surface area contributed by atoms with Crippen LogP contribution in [0.25, 0.3) is 22.4 Å². The number of nitrogens with zero attached hydrogens (tertiary/aromatic N) is 3. The second-order valence-corrected chi connectivity index (χ2v) is 5.45. The number of hydrogen-bond acceptors (Lipinski definition) is 4. The molecule has 1 aliphatic carbocycles. The second-order valence-electron chi connectivity index (χ2n) is 5.45. The maximum Gasteiger partial charge on any atom is 0.230 e. The minimum atomic E-state index is 0.472. The second kappa shape index (κ2) is 4.44. The highest BCUT2D eigenvalue weighted by Crippen LogP contribution is 2.49. The number of fused-ring (bicyclic) bond motifs is 1. The van der Waals surface area contributed by atoms with E-state index in [9.17, 15) is 0 Å². The Labute approximate surface area is 116 Å². The van der Waals surface area contributed by atoms with Crippen molar-refractivity contribution in [2.24, 2.45) is 5.92 Å². The van der Waals surface area contributed by atoms with Crippen LogP contribution >= 0.6 is 0 Å². The van der Waals surface area contributed by atoms with Gasteiger partial charge < -0.3 is 9.51 Å². The van der Waals surface area contributed by atoms with Gasteiger partial charge in [-0.25, -0.2) is 4.98 Å². The molecular weight excluding hydrogens is 252 g/mol. The molecule has 0 bridgehead atoms. The molecule has 5 heteroatoms. The Morgan fingerprint density at radius 2 is 2.35 bits per heavy atom. The fraction of sp³-hybridized carbons (Fsp3) is 0.400. The topological polar surface area (TPSA) is 67.6 Å². The van der Waals surface area contributed by atoms with Gasteiger partial charge in [0.2, 0.25) is 11.7 Å². The lowest BCUT2D eigenvalue weighted by atomic mass is 10.2. The van der Waals surface area contributed by atoms with E-state index in [0.29, 0.717) is 11.7 Å². The highest BCUT2D eigenvalue weighted by molar-refractivity contribution is 5.90. The molecule has 20 heavy (non-hydrogen) atoms. The standard InChI is InChI=1S/C15H16N4O/c1-2-3-9-8-12(9)15-18-14(19-20-15)11-5-7-17-13-10(11)4-6-16-13/h4-7,9,12H,2-3,8H2,1H3,(H,16,17)/t9-,12-/m1/s1. The monoisotopic (exact) mass is 268 g/mol. The summed E-state index contributed by atoms with van der Waals surface area (Å²) in [5.41, 5.74) is 1.82. The van der Waals surface area contributed by atoms with Crippen molar-refractivity contribution in [2.45, 2.75) is 32.1 Å². The fourth-order valence-electron chi connectivity index (χ4n) is 2.89. The van der Waals surface area contributed by atoms with Crippen LogP contribution in [0.4, 0.5) is 0 Å². The van der Waals surface area contributed by atoms with E-state index in [4.69, 9.17) is 4.52 Å². The van der Waals surface area contributed by atoms with Crippen LogP contribution in [-0.2, 0) is 0 Å². The van der Waals surface area contributed by atoms with Crippen molar-refractivity contribution in [1.82, 2.24) is 20.1 Å². The molecule has 1 fully saturated rings. The molecule has 0 aliphatic heterocycles. The van der Waals surface area contributed by atoms with Crippen LogP contribution in [0.3, 0.4) is 0 Å². The molecule has 1 saturated carbocycles. The number of pyridine rings is 1. The van der Waals surface area contributed by atoms with Crippen molar-refractivity contribution in [3.63, 3.8) is 0 Å². The number of aromatic amines is 1. The summed E-state index contributed by atoms with van der Waals surface area (Å²) in [6.07, 6.45) is 7.29. The van der Waals surface area contributed by atoms with Gasteiger partial charge in [0.05, 0.1) is 0 Å². The molecule has 0 radical (unpaired) electrons. The molecule has 0 unspecified atom stereocenters. The van der Waals surface area contributed by atoms with Crippen LogP contribution in [0, 0.1) is 5.92 Å². The maximum absolute atomic E-state index is 5.45. The minimum Gasteiger partial charge on any atom is -0.346 e. The molecule has 0 spiro atoms. The normalized spacial score (nSPS) is 21.4. The third kappa shape index (κ3) is 1.81. The quantitative estimate of drug-likeness (QED) is 0.786. The highest BCUT2D eigenvalue weighted by Gasteiger charge is 2.41. The summed E-state index contributed by atoms with van der Waals surface area (Å²) >= 11 is 0.